The number of benzene rings is 3. The third kappa shape index (κ3) is 5.60. The van der Waals surface area contributed by atoms with Crippen molar-refractivity contribution in [2.45, 2.75) is 26.3 Å². The molecule has 0 amide bonds. The number of aryl methyl sites for hydroxylation is 1. The Morgan fingerprint density at radius 3 is 2.37 bits per heavy atom. The van der Waals surface area contributed by atoms with E-state index in [-0.39, 0.29) is 12.1 Å². The molecule has 8 heteroatoms. The van der Waals surface area contributed by atoms with Crippen LogP contribution in [0.3, 0.4) is 0 Å². The van der Waals surface area contributed by atoms with Crippen molar-refractivity contribution in [2.75, 3.05) is 13.6 Å². The summed E-state index contributed by atoms with van der Waals surface area (Å²) in [5.41, 5.74) is 4.42. The quantitative estimate of drug-likeness (QED) is 0.335. The summed E-state index contributed by atoms with van der Waals surface area (Å²) in [5, 5.41) is 13.0. The monoisotopic (exact) mass is 477 g/mol. The Hall–Kier alpha value is -3.91. The van der Waals surface area contributed by atoms with Crippen molar-refractivity contribution >= 4 is 5.97 Å². The number of likely N-dealkylation sites (N-methyl/N-ethyl adjacent to an activating group) is 1. The van der Waals surface area contributed by atoms with E-state index in [1.165, 1.54) is 6.07 Å². The lowest BCUT2D eigenvalue weighted by Gasteiger charge is -2.17. The summed E-state index contributed by atoms with van der Waals surface area (Å²) in [7, 11) is 1.74. The van der Waals surface area contributed by atoms with Crippen LogP contribution in [-0.2, 0) is 17.3 Å². The lowest BCUT2D eigenvalue weighted by atomic mass is 9.92. The fourth-order valence-corrected chi connectivity index (χ4v) is 4.02. The second kappa shape index (κ2) is 9.76. The van der Waals surface area contributed by atoms with Gasteiger partial charge in [0.05, 0.1) is 6.54 Å². The molecule has 0 unspecified atom stereocenters. The van der Waals surface area contributed by atoms with Crippen LogP contribution in [0, 0.1) is 6.92 Å². The largest absolute Gasteiger partial charge is 0.480 e. The molecule has 1 N–H and O–H groups in total. The van der Waals surface area contributed by atoms with Crippen LogP contribution in [0.1, 0.15) is 23.6 Å². The van der Waals surface area contributed by atoms with Gasteiger partial charge in [-0.1, -0.05) is 59.8 Å². The third-order valence-corrected chi connectivity index (χ3v) is 5.66. The highest BCUT2D eigenvalue weighted by atomic mass is 19.3. The van der Waals surface area contributed by atoms with Gasteiger partial charge in [-0.15, -0.1) is 0 Å². The van der Waals surface area contributed by atoms with Crippen LogP contribution < -0.4 is 0 Å². The first-order chi connectivity index (χ1) is 16.6. The smallest absolute Gasteiger partial charge is 0.317 e. The van der Waals surface area contributed by atoms with Gasteiger partial charge in [0.25, 0.3) is 11.8 Å². The van der Waals surface area contributed by atoms with E-state index in [4.69, 9.17) is 9.63 Å². The summed E-state index contributed by atoms with van der Waals surface area (Å²) in [4.78, 5) is 17.0. The first-order valence-corrected chi connectivity index (χ1v) is 11.0. The molecule has 1 heterocycles. The van der Waals surface area contributed by atoms with Crippen molar-refractivity contribution in [3.05, 3.63) is 83.4 Å². The SMILES string of the molecule is Cc1cc(-c2nc(-c3ccc(CN(C)CC(=O)O)cc3)no2)ccc1-c1ccccc1C(C)(F)F. The summed E-state index contributed by atoms with van der Waals surface area (Å²) in [6, 6.07) is 19.4. The molecule has 0 radical (unpaired) electrons. The van der Waals surface area contributed by atoms with Crippen molar-refractivity contribution in [3.8, 4) is 34.0 Å². The minimum absolute atomic E-state index is 0.0199. The van der Waals surface area contributed by atoms with Crippen molar-refractivity contribution in [1.29, 1.82) is 0 Å². The first kappa shape index (κ1) is 24.2. The fraction of sp³-hybridized carbons (Fsp3) is 0.222. The number of carboxylic acids is 1. The molecule has 0 aliphatic rings. The minimum atomic E-state index is -2.95. The highest BCUT2D eigenvalue weighted by molar-refractivity contribution is 5.74. The number of hydrogen-bond donors (Lipinski definition) is 1. The second-order valence-electron chi connectivity index (χ2n) is 8.65. The van der Waals surface area contributed by atoms with Crippen LogP contribution in [-0.4, -0.2) is 39.7 Å². The topological polar surface area (TPSA) is 79.5 Å². The van der Waals surface area contributed by atoms with Crippen LogP contribution in [0.25, 0.3) is 34.0 Å². The summed E-state index contributed by atoms with van der Waals surface area (Å²) < 4.78 is 33.7. The number of carboxylic acid groups (broad SMARTS) is 1. The molecule has 0 saturated heterocycles. The summed E-state index contributed by atoms with van der Waals surface area (Å²) in [5.74, 6) is -3.08. The number of nitrogens with zero attached hydrogens (tertiary/aromatic N) is 3. The number of alkyl halides is 2. The van der Waals surface area contributed by atoms with Crippen LogP contribution >= 0.6 is 0 Å². The molecule has 6 nitrogen and oxygen atoms in total. The van der Waals surface area contributed by atoms with Gasteiger partial charge < -0.3 is 9.63 Å². The van der Waals surface area contributed by atoms with E-state index in [2.05, 4.69) is 10.1 Å². The zero-order valence-corrected chi connectivity index (χ0v) is 19.6. The zero-order valence-electron chi connectivity index (χ0n) is 19.6. The Bertz CT molecular complexity index is 1340. The van der Waals surface area contributed by atoms with Crippen molar-refractivity contribution < 1.29 is 23.2 Å². The van der Waals surface area contributed by atoms with Crippen LogP contribution in [0.15, 0.2) is 71.3 Å². The number of carbonyl (C=O) groups is 1. The molecular formula is C27H25F2N3O3. The molecule has 0 atom stereocenters. The van der Waals surface area contributed by atoms with Gasteiger partial charge in [-0.2, -0.15) is 4.98 Å². The lowest BCUT2D eigenvalue weighted by Crippen LogP contribution is -2.25. The Kier molecular flexibility index (Phi) is 6.75. The maximum absolute atomic E-state index is 14.1. The molecule has 4 rings (SSSR count). The molecule has 35 heavy (non-hydrogen) atoms. The summed E-state index contributed by atoms with van der Waals surface area (Å²) >= 11 is 0. The number of aliphatic carboxylic acids is 1. The van der Waals surface area contributed by atoms with Crippen LogP contribution in [0.4, 0.5) is 8.78 Å². The van der Waals surface area contributed by atoms with E-state index in [0.29, 0.717) is 35.0 Å². The zero-order chi connectivity index (χ0) is 25.2. The number of rotatable bonds is 8. The molecule has 3 aromatic carbocycles. The fourth-order valence-electron chi connectivity index (χ4n) is 4.02. The second-order valence-corrected chi connectivity index (χ2v) is 8.65. The number of hydrogen-bond acceptors (Lipinski definition) is 5. The average Bonchev–Trinajstić information content (AvgIpc) is 3.29. The summed E-state index contributed by atoms with van der Waals surface area (Å²) in [6.07, 6.45) is 0. The van der Waals surface area contributed by atoms with E-state index >= 15 is 0 Å². The number of halogens is 2. The number of aromatic nitrogens is 2. The van der Waals surface area contributed by atoms with Crippen LogP contribution in [0.5, 0.6) is 0 Å². The molecule has 0 saturated carbocycles. The molecule has 4 aromatic rings. The molecular weight excluding hydrogens is 452 g/mol. The van der Waals surface area contributed by atoms with Crippen LogP contribution in [0.2, 0.25) is 0 Å². The molecule has 0 fully saturated rings. The highest BCUT2D eigenvalue weighted by Gasteiger charge is 2.28. The predicted octanol–water partition coefficient (Wildman–Crippen LogP) is 6.01. The van der Waals surface area contributed by atoms with E-state index < -0.39 is 11.9 Å². The van der Waals surface area contributed by atoms with Gasteiger partial charge in [0, 0.05) is 30.2 Å². The van der Waals surface area contributed by atoms with Gasteiger partial charge in [0.2, 0.25) is 5.82 Å². The normalized spacial score (nSPS) is 11.7. The molecule has 0 aliphatic carbocycles. The Labute approximate surface area is 201 Å². The van der Waals surface area contributed by atoms with Gasteiger partial charge >= 0.3 is 5.97 Å². The highest BCUT2D eigenvalue weighted by Crippen LogP contribution is 2.37. The standard InChI is InChI=1S/C27H25F2N3O3/c1-17-14-20(12-13-21(17)22-6-4-5-7-23(22)27(2,28)29)26-30-25(31-35-26)19-10-8-18(9-11-19)15-32(3)16-24(33)34/h4-14H,15-16H2,1-3H3,(H,33,34). The van der Waals surface area contributed by atoms with Crippen molar-refractivity contribution in [2.24, 2.45) is 0 Å². The van der Waals surface area contributed by atoms with E-state index in [9.17, 15) is 13.6 Å². The molecule has 0 aliphatic heterocycles. The molecule has 0 bridgehead atoms. The lowest BCUT2D eigenvalue weighted by molar-refractivity contribution is -0.138. The Morgan fingerprint density at radius 2 is 1.71 bits per heavy atom. The van der Waals surface area contributed by atoms with Crippen molar-refractivity contribution in [1.82, 2.24) is 15.0 Å². The van der Waals surface area contributed by atoms with E-state index in [1.807, 2.05) is 37.3 Å². The van der Waals surface area contributed by atoms with Gasteiger partial charge in [0.15, 0.2) is 0 Å². The maximum Gasteiger partial charge on any atom is 0.317 e. The molecule has 180 valence electrons. The summed E-state index contributed by atoms with van der Waals surface area (Å²) in [6.45, 7) is 3.22. The third-order valence-electron chi connectivity index (χ3n) is 5.66. The molecule has 0 spiro atoms. The first-order valence-electron chi connectivity index (χ1n) is 11.0. The minimum Gasteiger partial charge on any atom is -0.480 e. The molecule has 1 aromatic heterocycles. The van der Waals surface area contributed by atoms with Gasteiger partial charge in [-0.25, -0.2) is 8.78 Å². The Balaban J connectivity index is 1.55. The predicted molar refractivity (Wildman–Crippen MR) is 129 cm³/mol. The van der Waals surface area contributed by atoms with Gasteiger partial charge in [-0.05, 0) is 48.4 Å². The maximum atomic E-state index is 14.1. The van der Waals surface area contributed by atoms with Gasteiger partial charge in [0.1, 0.15) is 0 Å². The Morgan fingerprint density at radius 1 is 1.03 bits per heavy atom. The van der Waals surface area contributed by atoms with E-state index in [1.54, 1.807) is 42.3 Å². The van der Waals surface area contributed by atoms with Crippen molar-refractivity contribution in [3.63, 3.8) is 0 Å². The van der Waals surface area contributed by atoms with E-state index in [0.717, 1.165) is 23.6 Å². The average molecular weight is 478 g/mol. The van der Waals surface area contributed by atoms with Gasteiger partial charge in [-0.3, -0.25) is 9.69 Å².